The molecule has 0 aliphatic rings. The van der Waals surface area contributed by atoms with Gasteiger partial charge in [-0.2, -0.15) is 11.8 Å². The highest BCUT2D eigenvalue weighted by molar-refractivity contribution is 7.98. The Morgan fingerprint density at radius 3 is 2.32 bits per heavy atom. The predicted octanol–water partition coefficient (Wildman–Crippen LogP) is 2.99. The van der Waals surface area contributed by atoms with Crippen molar-refractivity contribution in [2.24, 2.45) is 5.73 Å². The molecule has 182 valence electrons. The van der Waals surface area contributed by atoms with Crippen LogP contribution >= 0.6 is 11.8 Å². The highest BCUT2D eigenvalue weighted by Crippen LogP contribution is 2.40. The SMILES string of the molecule is COc1ccc(-c2cnnn2-c2cc(OC)c(OC)c(OC)c2)cc1NC(=O)C(N)CCSC. The molecule has 1 atom stereocenters. The lowest BCUT2D eigenvalue weighted by atomic mass is 10.1. The van der Waals surface area contributed by atoms with Crippen LogP contribution in [0.15, 0.2) is 36.5 Å². The van der Waals surface area contributed by atoms with Crippen molar-refractivity contribution in [1.29, 1.82) is 0 Å². The normalized spacial score (nSPS) is 11.6. The van der Waals surface area contributed by atoms with Crippen LogP contribution < -0.4 is 30.0 Å². The zero-order valence-corrected chi connectivity index (χ0v) is 20.6. The largest absolute Gasteiger partial charge is 0.495 e. The quantitative estimate of drug-likeness (QED) is 0.420. The van der Waals surface area contributed by atoms with Gasteiger partial charge in [0.05, 0.1) is 57.7 Å². The molecule has 0 fully saturated rings. The molecule has 34 heavy (non-hydrogen) atoms. The Balaban J connectivity index is 2.00. The Hall–Kier alpha value is -3.44. The highest BCUT2D eigenvalue weighted by atomic mass is 32.2. The second-order valence-corrected chi connectivity index (χ2v) is 8.19. The van der Waals surface area contributed by atoms with E-state index in [1.54, 1.807) is 75.3 Å². The molecule has 0 aliphatic carbocycles. The molecular formula is C23H29N5O5S. The summed E-state index contributed by atoms with van der Waals surface area (Å²) in [4.78, 5) is 12.6. The second-order valence-electron chi connectivity index (χ2n) is 7.21. The van der Waals surface area contributed by atoms with E-state index in [-0.39, 0.29) is 5.91 Å². The Morgan fingerprint density at radius 1 is 1.06 bits per heavy atom. The molecule has 11 heteroatoms. The van der Waals surface area contributed by atoms with Gasteiger partial charge in [0, 0.05) is 17.7 Å². The summed E-state index contributed by atoms with van der Waals surface area (Å²) in [6.45, 7) is 0. The number of nitrogens with two attached hydrogens (primary N) is 1. The van der Waals surface area contributed by atoms with Crippen LogP contribution in [0.1, 0.15) is 6.42 Å². The van der Waals surface area contributed by atoms with E-state index in [1.807, 2.05) is 12.3 Å². The van der Waals surface area contributed by atoms with Gasteiger partial charge in [-0.05, 0) is 36.6 Å². The minimum absolute atomic E-state index is 0.277. The summed E-state index contributed by atoms with van der Waals surface area (Å²) in [5, 5.41) is 11.2. The number of hydrogen-bond acceptors (Lipinski definition) is 9. The summed E-state index contributed by atoms with van der Waals surface area (Å²) >= 11 is 1.64. The molecule has 1 aromatic heterocycles. The topological polar surface area (TPSA) is 123 Å². The van der Waals surface area contributed by atoms with Gasteiger partial charge < -0.3 is 30.0 Å². The summed E-state index contributed by atoms with van der Waals surface area (Å²) in [5.41, 5.74) is 8.62. The number of methoxy groups -OCH3 is 4. The molecule has 0 saturated heterocycles. The van der Waals surface area contributed by atoms with Crippen LogP contribution in [0.2, 0.25) is 0 Å². The van der Waals surface area contributed by atoms with Crippen molar-refractivity contribution in [2.45, 2.75) is 12.5 Å². The van der Waals surface area contributed by atoms with Crippen molar-refractivity contribution < 1.29 is 23.7 Å². The van der Waals surface area contributed by atoms with Crippen LogP contribution in [0.5, 0.6) is 23.0 Å². The number of anilines is 1. The number of amides is 1. The summed E-state index contributed by atoms with van der Waals surface area (Å²) in [7, 11) is 6.18. The van der Waals surface area contributed by atoms with Crippen LogP contribution in [0, 0.1) is 0 Å². The van der Waals surface area contributed by atoms with Gasteiger partial charge in [-0.1, -0.05) is 5.21 Å². The van der Waals surface area contributed by atoms with Gasteiger partial charge in [0.1, 0.15) is 5.75 Å². The molecule has 1 unspecified atom stereocenters. The number of ether oxygens (including phenoxy) is 4. The van der Waals surface area contributed by atoms with Crippen LogP contribution in [-0.2, 0) is 4.79 Å². The van der Waals surface area contributed by atoms with E-state index in [9.17, 15) is 4.79 Å². The molecule has 0 saturated carbocycles. The lowest BCUT2D eigenvalue weighted by Gasteiger charge is -2.16. The summed E-state index contributed by atoms with van der Waals surface area (Å²) in [6.07, 6.45) is 4.18. The maximum absolute atomic E-state index is 12.6. The van der Waals surface area contributed by atoms with Gasteiger partial charge in [-0.25, -0.2) is 4.68 Å². The number of benzene rings is 2. The first kappa shape index (κ1) is 25.2. The fraction of sp³-hybridized carbons (Fsp3) is 0.348. The molecule has 0 aliphatic heterocycles. The zero-order valence-electron chi connectivity index (χ0n) is 19.8. The molecule has 3 N–H and O–H groups in total. The lowest BCUT2D eigenvalue weighted by molar-refractivity contribution is -0.117. The van der Waals surface area contributed by atoms with Gasteiger partial charge in [0.15, 0.2) is 11.5 Å². The van der Waals surface area contributed by atoms with Crippen molar-refractivity contribution >= 4 is 23.4 Å². The number of carbonyl (C=O) groups is 1. The monoisotopic (exact) mass is 487 g/mol. The predicted molar refractivity (Wildman–Crippen MR) is 133 cm³/mol. The summed E-state index contributed by atoms with van der Waals surface area (Å²) in [6, 6.07) is 8.35. The van der Waals surface area contributed by atoms with Crippen molar-refractivity contribution in [1.82, 2.24) is 15.0 Å². The van der Waals surface area contributed by atoms with E-state index >= 15 is 0 Å². The smallest absolute Gasteiger partial charge is 0.241 e. The third kappa shape index (κ3) is 5.37. The fourth-order valence-electron chi connectivity index (χ4n) is 3.38. The molecule has 10 nitrogen and oxygen atoms in total. The first-order chi connectivity index (χ1) is 16.5. The van der Waals surface area contributed by atoms with E-state index in [2.05, 4.69) is 15.6 Å². The minimum atomic E-state index is -0.618. The van der Waals surface area contributed by atoms with E-state index in [0.29, 0.717) is 46.5 Å². The van der Waals surface area contributed by atoms with Crippen LogP contribution in [0.4, 0.5) is 5.69 Å². The summed E-state index contributed by atoms with van der Waals surface area (Å²) in [5.74, 6) is 2.48. The van der Waals surface area contributed by atoms with Gasteiger partial charge in [-0.3, -0.25) is 4.79 Å². The third-order valence-electron chi connectivity index (χ3n) is 5.17. The minimum Gasteiger partial charge on any atom is -0.495 e. The van der Waals surface area contributed by atoms with E-state index < -0.39 is 6.04 Å². The first-order valence-electron chi connectivity index (χ1n) is 10.4. The van der Waals surface area contributed by atoms with E-state index in [1.165, 1.54) is 0 Å². The molecule has 3 aromatic rings. The number of hydrogen-bond donors (Lipinski definition) is 2. The lowest BCUT2D eigenvalue weighted by Crippen LogP contribution is -2.36. The Kier molecular flexibility index (Phi) is 8.61. The van der Waals surface area contributed by atoms with Gasteiger partial charge >= 0.3 is 0 Å². The number of aromatic nitrogens is 3. The zero-order chi connectivity index (χ0) is 24.7. The Morgan fingerprint density at radius 2 is 1.74 bits per heavy atom. The van der Waals surface area contributed by atoms with Crippen LogP contribution in [0.3, 0.4) is 0 Å². The molecular weight excluding hydrogens is 458 g/mol. The van der Waals surface area contributed by atoms with Crippen molar-refractivity contribution in [3.63, 3.8) is 0 Å². The maximum Gasteiger partial charge on any atom is 0.241 e. The van der Waals surface area contributed by atoms with E-state index in [0.717, 1.165) is 11.3 Å². The van der Waals surface area contributed by atoms with Crippen molar-refractivity contribution in [3.05, 3.63) is 36.5 Å². The molecule has 3 rings (SSSR count). The third-order valence-corrected chi connectivity index (χ3v) is 5.81. The number of nitrogens with zero attached hydrogens (tertiary/aromatic N) is 3. The van der Waals surface area contributed by atoms with Gasteiger partial charge in [-0.15, -0.1) is 5.10 Å². The number of thioether (sulfide) groups is 1. The van der Waals surface area contributed by atoms with Gasteiger partial charge in [0.2, 0.25) is 11.7 Å². The second kappa shape index (κ2) is 11.6. The Labute approximate surface area is 202 Å². The van der Waals surface area contributed by atoms with Crippen LogP contribution in [-0.4, -0.2) is 67.4 Å². The molecule has 1 amide bonds. The molecule has 0 radical (unpaired) electrons. The maximum atomic E-state index is 12.6. The average Bonchev–Trinajstić information content (AvgIpc) is 3.36. The standard InChI is InChI=1S/C23H29N5O5S/c1-30-19-7-6-14(10-17(19)26-23(29)16(24)8-9-34-5)18-13-25-27-28(18)15-11-20(31-2)22(33-4)21(12-15)32-3/h6-7,10-13,16H,8-9,24H2,1-5H3,(H,26,29). The average molecular weight is 488 g/mol. The highest BCUT2D eigenvalue weighted by Gasteiger charge is 2.19. The van der Waals surface area contributed by atoms with Gasteiger partial charge in [0.25, 0.3) is 0 Å². The van der Waals surface area contributed by atoms with E-state index in [4.69, 9.17) is 24.7 Å². The van der Waals surface area contributed by atoms with Crippen LogP contribution in [0.25, 0.3) is 16.9 Å². The number of nitrogens with one attached hydrogen (secondary N) is 1. The molecule has 1 heterocycles. The molecule has 0 spiro atoms. The van der Waals surface area contributed by atoms with Crippen molar-refractivity contribution in [3.8, 4) is 39.9 Å². The van der Waals surface area contributed by atoms with Crippen molar-refractivity contribution in [2.75, 3.05) is 45.8 Å². The number of carbonyl (C=O) groups excluding carboxylic acids is 1. The molecule has 2 aromatic carbocycles. The fourth-order valence-corrected chi connectivity index (χ4v) is 3.87. The Bertz CT molecular complexity index is 1110. The summed E-state index contributed by atoms with van der Waals surface area (Å²) < 4.78 is 23.4. The number of rotatable bonds is 11. The molecule has 0 bridgehead atoms. The first-order valence-corrected chi connectivity index (χ1v) is 11.8.